The molecule has 1 aromatic carbocycles. The van der Waals surface area contributed by atoms with E-state index in [0.717, 1.165) is 30.7 Å². The van der Waals surface area contributed by atoms with E-state index in [0.29, 0.717) is 18.8 Å². The Balaban J connectivity index is 1.63. The van der Waals surface area contributed by atoms with E-state index in [2.05, 4.69) is 10.2 Å². The fourth-order valence-electron chi connectivity index (χ4n) is 2.81. The van der Waals surface area contributed by atoms with Crippen LogP contribution in [0.5, 0.6) is 0 Å². The van der Waals surface area contributed by atoms with Crippen molar-refractivity contribution in [3.63, 3.8) is 0 Å². The number of hydrogen-bond donors (Lipinski definition) is 0. The first-order valence-electron chi connectivity index (χ1n) is 8.29. The molecule has 0 saturated carbocycles. The van der Waals surface area contributed by atoms with Gasteiger partial charge in [-0.3, -0.25) is 10.1 Å². The van der Waals surface area contributed by atoms with Crippen molar-refractivity contribution < 1.29 is 22.2 Å². The van der Waals surface area contributed by atoms with Gasteiger partial charge in [0.15, 0.2) is 5.76 Å². The van der Waals surface area contributed by atoms with E-state index < -0.39 is 14.9 Å². The van der Waals surface area contributed by atoms with Crippen molar-refractivity contribution in [2.75, 3.05) is 13.1 Å². The second kappa shape index (κ2) is 7.37. The number of benzene rings is 1. The highest BCUT2D eigenvalue weighted by molar-refractivity contribution is 7.99. The molecule has 0 bridgehead atoms. The number of sulfonamides is 1. The van der Waals surface area contributed by atoms with E-state index in [1.165, 1.54) is 22.7 Å². The lowest BCUT2D eigenvalue weighted by Crippen LogP contribution is -2.27. The monoisotopic (exact) mass is 422 g/mol. The van der Waals surface area contributed by atoms with Gasteiger partial charge in [-0.25, -0.2) is 8.42 Å². The standard InChI is InChI=1S/C16H14N4O6S2/c21-20(22)12-10-11(28(23,24)19-7-1-2-8-19)5-6-14(12)27-16-18-17-15(26-16)13-4-3-9-25-13/h3-6,9-10H,1-2,7-8H2. The third-order valence-corrected chi connectivity index (χ3v) is 6.96. The molecule has 1 saturated heterocycles. The van der Waals surface area contributed by atoms with Crippen molar-refractivity contribution >= 4 is 27.5 Å². The van der Waals surface area contributed by atoms with Gasteiger partial charge in [0.2, 0.25) is 10.0 Å². The summed E-state index contributed by atoms with van der Waals surface area (Å²) in [6.45, 7) is 0.842. The lowest BCUT2D eigenvalue weighted by Gasteiger charge is -2.15. The molecule has 0 spiro atoms. The number of nitrogens with zero attached hydrogens (tertiary/aromatic N) is 4. The van der Waals surface area contributed by atoms with Gasteiger partial charge in [0.1, 0.15) is 0 Å². The topological polar surface area (TPSA) is 133 Å². The SMILES string of the molecule is O=[N+]([O-])c1cc(S(=O)(=O)N2CCCC2)ccc1Sc1nnc(-c2ccco2)o1. The Bertz CT molecular complexity index is 1100. The summed E-state index contributed by atoms with van der Waals surface area (Å²) in [6, 6.07) is 7.11. The molecule has 28 heavy (non-hydrogen) atoms. The Hall–Kier alpha value is -2.70. The van der Waals surface area contributed by atoms with Crippen LogP contribution < -0.4 is 0 Å². The molecule has 4 rings (SSSR count). The fraction of sp³-hybridized carbons (Fsp3) is 0.250. The molecule has 1 fully saturated rings. The largest absolute Gasteiger partial charge is 0.459 e. The maximum atomic E-state index is 12.7. The Morgan fingerprint density at radius 2 is 1.96 bits per heavy atom. The van der Waals surface area contributed by atoms with E-state index in [9.17, 15) is 18.5 Å². The van der Waals surface area contributed by atoms with Crippen LogP contribution in [0.1, 0.15) is 12.8 Å². The fourth-order valence-corrected chi connectivity index (χ4v) is 5.11. The van der Waals surface area contributed by atoms with Crippen molar-refractivity contribution in [3.05, 3.63) is 46.7 Å². The summed E-state index contributed by atoms with van der Waals surface area (Å²) in [6.07, 6.45) is 3.02. The first-order chi connectivity index (χ1) is 13.4. The molecule has 2 aromatic heterocycles. The van der Waals surface area contributed by atoms with Crippen LogP contribution >= 0.6 is 11.8 Å². The zero-order valence-corrected chi connectivity index (χ0v) is 16.0. The van der Waals surface area contributed by atoms with E-state index >= 15 is 0 Å². The van der Waals surface area contributed by atoms with Crippen molar-refractivity contribution in [2.45, 2.75) is 27.9 Å². The normalized spacial score (nSPS) is 15.1. The van der Waals surface area contributed by atoms with Gasteiger partial charge in [-0.15, -0.1) is 10.2 Å². The van der Waals surface area contributed by atoms with Crippen molar-refractivity contribution in [2.24, 2.45) is 0 Å². The van der Waals surface area contributed by atoms with E-state index in [4.69, 9.17) is 8.83 Å². The van der Waals surface area contributed by atoms with Gasteiger partial charge in [0.25, 0.3) is 16.8 Å². The van der Waals surface area contributed by atoms with Crippen LogP contribution in [0, 0.1) is 10.1 Å². The molecule has 0 atom stereocenters. The summed E-state index contributed by atoms with van der Waals surface area (Å²) in [7, 11) is -3.75. The molecular formula is C16H14N4O6S2. The molecular weight excluding hydrogens is 408 g/mol. The molecule has 10 nitrogen and oxygen atoms in total. The highest BCUT2D eigenvalue weighted by Crippen LogP contribution is 2.37. The van der Waals surface area contributed by atoms with Crippen LogP contribution in [-0.4, -0.2) is 40.9 Å². The number of hydrogen-bond acceptors (Lipinski definition) is 9. The van der Waals surface area contributed by atoms with E-state index in [1.807, 2.05) is 0 Å². The predicted molar refractivity (Wildman–Crippen MR) is 97.2 cm³/mol. The molecule has 3 aromatic rings. The number of rotatable bonds is 6. The van der Waals surface area contributed by atoms with Crippen molar-refractivity contribution in [1.29, 1.82) is 0 Å². The number of aromatic nitrogens is 2. The van der Waals surface area contributed by atoms with Crippen LogP contribution in [-0.2, 0) is 10.0 Å². The highest BCUT2D eigenvalue weighted by Gasteiger charge is 2.30. The summed E-state index contributed by atoms with van der Waals surface area (Å²) >= 11 is 0.880. The molecule has 0 amide bonds. The van der Waals surface area contributed by atoms with Crippen LogP contribution in [0.25, 0.3) is 11.7 Å². The molecule has 0 radical (unpaired) electrons. The van der Waals surface area contributed by atoms with Crippen LogP contribution in [0.2, 0.25) is 0 Å². The molecule has 3 heterocycles. The smallest absolute Gasteiger partial charge is 0.284 e. The second-order valence-corrected chi connectivity index (χ2v) is 8.88. The minimum Gasteiger partial charge on any atom is -0.459 e. The summed E-state index contributed by atoms with van der Waals surface area (Å²) in [4.78, 5) is 11.0. The average molecular weight is 422 g/mol. The Labute approximate surface area is 163 Å². The number of furan rings is 1. The zero-order valence-electron chi connectivity index (χ0n) is 14.3. The Morgan fingerprint density at radius 1 is 1.18 bits per heavy atom. The first-order valence-corrected chi connectivity index (χ1v) is 10.5. The second-order valence-electron chi connectivity index (χ2n) is 5.95. The van der Waals surface area contributed by atoms with Crippen LogP contribution in [0.4, 0.5) is 5.69 Å². The Kier molecular flexibility index (Phi) is 4.91. The van der Waals surface area contributed by atoms with Gasteiger partial charge in [-0.05, 0) is 48.9 Å². The summed E-state index contributed by atoms with van der Waals surface area (Å²) in [5.41, 5.74) is -0.344. The lowest BCUT2D eigenvalue weighted by molar-refractivity contribution is -0.388. The minimum absolute atomic E-state index is 0.0738. The Morgan fingerprint density at radius 3 is 2.64 bits per heavy atom. The molecule has 0 unspecified atom stereocenters. The molecule has 0 N–H and O–H groups in total. The first kappa shape index (κ1) is 18.7. The molecule has 1 aliphatic rings. The van der Waals surface area contributed by atoms with Gasteiger partial charge in [0, 0.05) is 19.2 Å². The van der Waals surface area contributed by atoms with Crippen molar-refractivity contribution in [1.82, 2.24) is 14.5 Å². The summed E-state index contributed by atoms with van der Waals surface area (Å²) < 4.78 is 37.3. The molecule has 1 aliphatic heterocycles. The number of nitro benzene ring substituents is 1. The maximum Gasteiger partial charge on any atom is 0.284 e. The van der Waals surface area contributed by atoms with E-state index in [-0.39, 0.29) is 26.6 Å². The minimum atomic E-state index is -3.75. The van der Waals surface area contributed by atoms with Gasteiger partial charge in [-0.2, -0.15) is 4.31 Å². The van der Waals surface area contributed by atoms with Crippen LogP contribution in [0.15, 0.2) is 60.4 Å². The summed E-state index contributed by atoms with van der Waals surface area (Å²) in [5.74, 6) is 0.518. The highest BCUT2D eigenvalue weighted by atomic mass is 32.2. The lowest BCUT2D eigenvalue weighted by atomic mass is 10.3. The zero-order chi connectivity index (χ0) is 19.7. The third kappa shape index (κ3) is 3.53. The van der Waals surface area contributed by atoms with Gasteiger partial charge >= 0.3 is 0 Å². The van der Waals surface area contributed by atoms with Crippen LogP contribution in [0.3, 0.4) is 0 Å². The predicted octanol–water partition coefficient (Wildman–Crippen LogP) is 3.17. The van der Waals surface area contributed by atoms with Gasteiger partial charge < -0.3 is 8.83 Å². The number of nitro groups is 1. The van der Waals surface area contributed by atoms with Crippen molar-refractivity contribution in [3.8, 4) is 11.7 Å². The molecule has 146 valence electrons. The maximum absolute atomic E-state index is 12.7. The third-order valence-electron chi connectivity index (χ3n) is 4.17. The quantitative estimate of drug-likeness (QED) is 0.434. The van der Waals surface area contributed by atoms with Gasteiger partial charge in [-0.1, -0.05) is 0 Å². The molecule has 12 heteroatoms. The van der Waals surface area contributed by atoms with E-state index in [1.54, 1.807) is 12.1 Å². The van der Waals surface area contributed by atoms with Gasteiger partial charge in [0.05, 0.1) is 21.0 Å². The molecule has 0 aliphatic carbocycles. The summed E-state index contributed by atoms with van der Waals surface area (Å²) in [5, 5.41) is 19.3. The average Bonchev–Trinajstić information content (AvgIpc) is 3.43.